The molecule has 0 heterocycles. The zero-order valence-corrected chi connectivity index (χ0v) is 17.5. The molecule has 156 valence electrons. The van der Waals surface area contributed by atoms with Gasteiger partial charge in [0.25, 0.3) is 0 Å². The molecular formula is C22H29N3O4. The van der Waals surface area contributed by atoms with Crippen LogP contribution in [0, 0.1) is 5.92 Å². The van der Waals surface area contributed by atoms with Crippen LogP contribution in [0.5, 0.6) is 11.5 Å². The van der Waals surface area contributed by atoms with E-state index in [0.29, 0.717) is 17.2 Å². The van der Waals surface area contributed by atoms with E-state index >= 15 is 0 Å². The zero-order chi connectivity index (χ0) is 21.4. The summed E-state index contributed by atoms with van der Waals surface area (Å²) in [4.78, 5) is 25.3. The van der Waals surface area contributed by atoms with E-state index in [-0.39, 0.29) is 17.9 Å². The second kappa shape index (κ2) is 10.4. The fourth-order valence-corrected chi connectivity index (χ4v) is 2.86. The number of hydrogen-bond donors (Lipinski definition) is 3. The Morgan fingerprint density at radius 2 is 1.59 bits per heavy atom. The van der Waals surface area contributed by atoms with E-state index in [1.807, 2.05) is 51.1 Å². The van der Waals surface area contributed by atoms with Crippen LogP contribution in [0.2, 0.25) is 0 Å². The topological polar surface area (TPSA) is 88.7 Å². The molecule has 0 fully saturated rings. The maximum absolute atomic E-state index is 12.8. The van der Waals surface area contributed by atoms with Gasteiger partial charge in [0.1, 0.15) is 17.5 Å². The smallest absolute Gasteiger partial charge is 0.320 e. The molecule has 0 aromatic heterocycles. The van der Waals surface area contributed by atoms with Crippen LogP contribution in [0.25, 0.3) is 0 Å². The number of rotatable bonds is 8. The van der Waals surface area contributed by atoms with Crippen molar-refractivity contribution in [3.05, 3.63) is 54.1 Å². The maximum atomic E-state index is 12.8. The number of anilines is 1. The number of carbonyl (C=O) groups excluding carboxylic acids is 2. The summed E-state index contributed by atoms with van der Waals surface area (Å²) in [7, 11) is 3.06. The molecule has 2 aromatic rings. The van der Waals surface area contributed by atoms with Gasteiger partial charge in [-0.1, -0.05) is 44.2 Å². The Labute approximate surface area is 171 Å². The zero-order valence-electron chi connectivity index (χ0n) is 17.5. The van der Waals surface area contributed by atoms with Gasteiger partial charge in [0.15, 0.2) is 0 Å². The number of methoxy groups -OCH3 is 2. The molecule has 3 N–H and O–H groups in total. The first-order valence-electron chi connectivity index (χ1n) is 9.50. The lowest BCUT2D eigenvalue weighted by Gasteiger charge is -2.24. The van der Waals surface area contributed by atoms with Gasteiger partial charge in [0, 0.05) is 6.07 Å². The van der Waals surface area contributed by atoms with E-state index in [9.17, 15) is 9.59 Å². The van der Waals surface area contributed by atoms with Crippen LogP contribution in [0.1, 0.15) is 32.4 Å². The molecule has 0 spiro atoms. The fraction of sp³-hybridized carbons (Fsp3) is 0.364. The van der Waals surface area contributed by atoms with Crippen LogP contribution in [0.15, 0.2) is 48.5 Å². The monoisotopic (exact) mass is 399 g/mol. The maximum Gasteiger partial charge on any atom is 0.320 e. The molecule has 0 radical (unpaired) electrons. The normalized spacial score (nSPS) is 12.6. The van der Waals surface area contributed by atoms with Crippen molar-refractivity contribution in [3.63, 3.8) is 0 Å². The second-order valence-electron chi connectivity index (χ2n) is 7.03. The minimum atomic E-state index is -0.689. The molecule has 0 saturated heterocycles. The van der Waals surface area contributed by atoms with E-state index in [0.717, 1.165) is 5.56 Å². The average Bonchev–Trinajstić information content (AvgIpc) is 2.72. The molecule has 2 unspecified atom stereocenters. The lowest BCUT2D eigenvalue weighted by molar-refractivity contribution is -0.124. The molecule has 7 nitrogen and oxygen atoms in total. The van der Waals surface area contributed by atoms with E-state index in [1.165, 1.54) is 7.11 Å². The number of urea groups is 1. The molecule has 0 aliphatic heterocycles. The third-order valence-corrected chi connectivity index (χ3v) is 4.55. The van der Waals surface area contributed by atoms with Gasteiger partial charge in [-0.15, -0.1) is 0 Å². The van der Waals surface area contributed by atoms with Crippen molar-refractivity contribution in [3.8, 4) is 11.5 Å². The van der Waals surface area contributed by atoms with E-state index in [2.05, 4.69) is 16.0 Å². The van der Waals surface area contributed by atoms with Crippen LogP contribution < -0.4 is 25.4 Å². The molecule has 0 aliphatic rings. The molecule has 2 atom stereocenters. The highest BCUT2D eigenvalue weighted by atomic mass is 16.5. The van der Waals surface area contributed by atoms with Crippen LogP contribution in [0.4, 0.5) is 10.5 Å². The van der Waals surface area contributed by atoms with Crippen molar-refractivity contribution in [2.45, 2.75) is 32.9 Å². The third kappa shape index (κ3) is 6.14. The highest BCUT2D eigenvalue weighted by molar-refractivity contribution is 5.95. The summed E-state index contributed by atoms with van der Waals surface area (Å²) in [5, 5.41) is 8.44. The van der Waals surface area contributed by atoms with Gasteiger partial charge in [-0.2, -0.15) is 0 Å². The number of amides is 3. The van der Waals surface area contributed by atoms with Gasteiger partial charge in [0.05, 0.1) is 25.9 Å². The SMILES string of the molecule is COc1ccc(NC(=O)NC(C(=O)NC(C)c2ccccc2)C(C)C)c(OC)c1. The Balaban J connectivity index is 2.04. The summed E-state index contributed by atoms with van der Waals surface area (Å²) in [6.45, 7) is 5.67. The van der Waals surface area contributed by atoms with Crippen molar-refractivity contribution >= 4 is 17.6 Å². The lowest BCUT2D eigenvalue weighted by atomic mass is 10.0. The van der Waals surface area contributed by atoms with Gasteiger partial charge >= 0.3 is 6.03 Å². The van der Waals surface area contributed by atoms with E-state index in [1.54, 1.807) is 25.3 Å². The van der Waals surface area contributed by atoms with Gasteiger partial charge < -0.3 is 25.4 Å². The second-order valence-corrected chi connectivity index (χ2v) is 7.03. The molecular weight excluding hydrogens is 370 g/mol. The first-order chi connectivity index (χ1) is 13.8. The number of carbonyl (C=O) groups is 2. The Morgan fingerprint density at radius 1 is 0.897 bits per heavy atom. The summed E-state index contributed by atoms with van der Waals surface area (Å²) < 4.78 is 10.4. The molecule has 3 amide bonds. The van der Waals surface area contributed by atoms with Gasteiger partial charge in [-0.3, -0.25) is 4.79 Å². The predicted molar refractivity (Wildman–Crippen MR) is 113 cm³/mol. The molecule has 2 aromatic carbocycles. The quantitative estimate of drug-likeness (QED) is 0.631. The summed E-state index contributed by atoms with van der Waals surface area (Å²) >= 11 is 0. The van der Waals surface area contributed by atoms with Gasteiger partial charge in [-0.05, 0) is 30.5 Å². The van der Waals surface area contributed by atoms with Gasteiger partial charge in [0.2, 0.25) is 5.91 Å². The summed E-state index contributed by atoms with van der Waals surface area (Å²) in [5.41, 5.74) is 1.47. The van der Waals surface area contributed by atoms with Crippen molar-refractivity contribution in [2.24, 2.45) is 5.92 Å². The Bertz CT molecular complexity index is 824. The van der Waals surface area contributed by atoms with Crippen LogP contribution >= 0.6 is 0 Å². The van der Waals surface area contributed by atoms with Crippen LogP contribution in [-0.4, -0.2) is 32.2 Å². The standard InChI is InChI=1S/C22H29N3O4/c1-14(2)20(21(26)23-15(3)16-9-7-6-8-10-16)25-22(27)24-18-12-11-17(28-4)13-19(18)29-5/h6-15,20H,1-5H3,(H,23,26)(H2,24,25,27). The molecule has 0 saturated carbocycles. The minimum Gasteiger partial charge on any atom is -0.497 e. The summed E-state index contributed by atoms with van der Waals surface area (Å²) in [6.07, 6.45) is 0. The Morgan fingerprint density at radius 3 is 2.17 bits per heavy atom. The van der Waals surface area contributed by atoms with Crippen molar-refractivity contribution < 1.29 is 19.1 Å². The molecule has 29 heavy (non-hydrogen) atoms. The van der Waals surface area contributed by atoms with E-state index in [4.69, 9.17) is 9.47 Å². The van der Waals surface area contributed by atoms with Crippen LogP contribution in [-0.2, 0) is 4.79 Å². The number of ether oxygens (including phenoxy) is 2. The van der Waals surface area contributed by atoms with Crippen LogP contribution in [0.3, 0.4) is 0 Å². The number of benzene rings is 2. The Kier molecular flexibility index (Phi) is 7.88. The fourth-order valence-electron chi connectivity index (χ4n) is 2.86. The average molecular weight is 399 g/mol. The molecule has 7 heteroatoms. The highest BCUT2D eigenvalue weighted by Gasteiger charge is 2.26. The molecule has 0 aliphatic carbocycles. The minimum absolute atomic E-state index is 0.0958. The van der Waals surface area contributed by atoms with Crippen molar-refractivity contribution in [2.75, 3.05) is 19.5 Å². The van der Waals surface area contributed by atoms with Crippen molar-refractivity contribution in [1.29, 1.82) is 0 Å². The Hall–Kier alpha value is -3.22. The number of nitrogens with one attached hydrogen (secondary N) is 3. The number of hydrogen-bond acceptors (Lipinski definition) is 4. The lowest BCUT2D eigenvalue weighted by Crippen LogP contribution is -2.51. The van der Waals surface area contributed by atoms with Crippen molar-refractivity contribution in [1.82, 2.24) is 10.6 Å². The largest absolute Gasteiger partial charge is 0.497 e. The summed E-state index contributed by atoms with van der Waals surface area (Å²) in [6, 6.07) is 13.4. The predicted octanol–water partition coefficient (Wildman–Crippen LogP) is 3.73. The first-order valence-corrected chi connectivity index (χ1v) is 9.50. The summed E-state index contributed by atoms with van der Waals surface area (Å²) in [5.74, 6) is 0.736. The van der Waals surface area contributed by atoms with E-state index < -0.39 is 12.1 Å². The highest BCUT2D eigenvalue weighted by Crippen LogP contribution is 2.29. The molecule has 0 bridgehead atoms. The first kappa shape index (κ1) is 22.1. The third-order valence-electron chi connectivity index (χ3n) is 4.55. The van der Waals surface area contributed by atoms with Gasteiger partial charge in [-0.25, -0.2) is 4.79 Å². The molecule has 2 rings (SSSR count).